The van der Waals surface area contributed by atoms with Crippen molar-refractivity contribution in [3.63, 3.8) is 0 Å². The van der Waals surface area contributed by atoms with Crippen LogP contribution in [0.1, 0.15) is 47.7 Å². The van der Waals surface area contributed by atoms with E-state index in [1.807, 2.05) is 44.3 Å². The molecule has 130 valence electrons. The number of aromatic nitrogens is 1. The highest BCUT2D eigenvalue weighted by atomic mass is 32.1. The van der Waals surface area contributed by atoms with Crippen molar-refractivity contribution < 1.29 is 4.79 Å². The van der Waals surface area contributed by atoms with Crippen LogP contribution in [0.25, 0.3) is 10.2 Å². The van der Waals surface area contributed by atoms with Crippen LogP contribution in [-0.4, -0.2) is 22.8 Å². The third-order valence-corrected chi connectivity index (χ3v) is 5.62. The molecule has 0 unspecified atom stereocenters. The third kappa shape index (κ3) is 3.90. The number of carbonyl (C=O) groups is 1. The van der Waals surface area contributed by atoms with Crippen LogP contribution in [0.2, 0.25) is 0 Å². The standard InChI is InChI=1S/C21H24N2OS/c1-14(2)13-16-9-11-17(12-10-16)21(24)23(4)15(3)20-22-18-7-5-6-8-19(18)25-20/h5-12,14-15H,13H2,1-4H3/t15-/m1/s1. The van der Waals surface area contributed by atoms with Crippen molar-refractivity contribution in [2.75, 3.05) is 7.05 Å². The van der Waals surface area contributed by atoms with Gasteiger partial charge in [-0.3, -0.25) is 4.79 Å². The topological polar surface area (TPSA) is 33.2 Å². The van der Waals surface area contributed by atoms with Crippen molar-refractivity contribution in [1.82, 2.24) is 9.88 Å². The Bertz CT molecular complexity index is 834. The molecule has 3 rings (SSSR count). The fourth-order valence-electron chi connectivity index (χ4n) is 2.87. The van der Waals surface area contributed by atoms with Crippen LogP contribution in [-0.2, 0) is 6.42 Å². The number of thiazole rings is 1. The highest BCUT2D eigenvalue weighted by molar-refractivity contribution is 7.18. The Morgan fingerprint density at radius 2 is 1.76 bits per heavy atom. The third-order valence-electron chi connectivity index (χ3n) is 4.41. The Morgan fingerprint density at radius 1 is 1.08 bits per heavy atom. The molecule has 0 aliphatic rings. The minimum atomic E-state index is -0.0553. The summed E-state index contributed by atoms with van der Waals surface area (Å²) in [6.07, 6.45) is 1.03. The molecule has 3 nitrogen and oxygen atoms in total. The average Bonchev–Trinajstić information content (AvgIpc) is 3.04. The zero-order chi connectivity index (χ0) is 18.0. The lowest BCUT2D eigenvalue weighted by molar-refractivity contribution is 0.0742. The summed E-state index contributed by atoms with van der Waals surface area (Å²) in [4.78, 5) is 19.3. The molecule has 2 aromatic carbocycles. The number of fused-ring (bicyclic) bond motifs is 1. The molecular weight excluding hydrogens is 328 g/mol. The maximum atomic E-state index is 12.8. The van der Waals surface area contributed by atoms with E-state index >= 15 is 0 Å². The first-order valence-electron chi connectivity index (χ1n) is 8.67. The van der Waals surface area contributed by atoms with Gasteiger partial charge in [0.15, 0.2) is 0 Å². The van der Waals surface area contributed by atoms with Crippen LogP contribution in [0.5, 0.6) is 0 Å². The Morgan fingerprint density at radius 3 is 2.40 bits per heavy atom. The van der Waals surface area contributed by atoms with E-state index in [9.17, 15) is 4.79 Å². The first-order chi connectivity index (χ1) is 12.0. The van der Waals surface area contributed by atoms with Gasteiger partial charge in [0.05, 0.1) is 16.3 Å². The summed E-state index contributed by atoms with van der Waals surface area (Å²) in [5.74, 6) is 0.645. The fourth-order valence-corrected chi connectivity index (χ4v) is 3.93. The van der Waals surface area contributed by atoms with Crippen LogP contribution in [0.3, 0.4) is 0 Å². The van der Waals surface area contributed by atoms with E-state index in [1.54, 1.807) is 16.2 Å². The van der Waals surface area contributed by atoms with Gasteiger partial charge in [-0.15, -0.1) is 11.3 Å². The number of nitrogens with zero attached hydrogens (tertiary/aromatic N) is 2. The van der Waals surface area contributed by atoms with Crippen molar-refractivity contribution in [1.29, 1.82) is 0 Å². The van der Waals surface area contributed by atoms with Crippen LogP contribution in [0.4, 0.5) is 0 Å². The summed E-state index contributed by atoms with van der Waals surface area (Å²) < 4.78 is 1.16. The quantitative estimate of drug-likeness (QED) is 0.622. The van der Waals surface area contributed by atoms with E-state index in [4.69, 9.17) is 0 Å². The Kier molecular flexibility index (Phi) is 5.19. The molecule has 0 aliphatic carbocycles. The van der Waals surface area contributed by atoms with Gasteiger partial charge in [-0.1, -0.05) is 38.1 Å². The monoisotopic (exact) mass is 352 g/mol. The first kappa shape index (κ1) is 17.6. The molecule has 3 aromatic rings. The molecule has 0 saturated heterocycles. The summed E-state index contributed by atoms with van der Waals surface area (Å²) in [5.41, 5.74) is 2.99. The highest BCUT2D eigenvalue weighted by Gasteiger charge is 2.21. The van der Waals surface area contributed by atoms with Crippen molar-refractivity contribution in [3.05, 3.63) is 64.7 Å². The average molecular weight is 353 g/mol. The summed E-state index contributed by atoms with van der Waals surface area (Å²) >= 11 is 1.65. The molecule has 1 aromatic heterocycles. The zero-order valence-electron chi connectivity index (χ0n) is 15.2. The second-order valence-electron chi connectivity index (χ2n) is 6.91. The van der Waals surface area contributed by atoms with Crippen LogP contribution in [0.15, 0.2) is 48.5 Å². The second kappa shape index (κ2) is 7.36. The molecule has 1 amide bonds. The van der Waals surface area contributed by atoms with Crippen LogP contribution >= 0.6 is 11.3 Å². The molecule has 1 heterocycles. The number of para-hydroxylation sites is 1. The lowest BCUT2D eigenvalue weighted by Crippen LogP contribution is -2.29. The van der Waals surface area contributed by atoms with Crippen molar-refractivity contribution >= 4 is 27.5 Å². The number of hydrogen-bond donors (Lipinski definition) is 0. The Labute approximate surface area is 153 Å². The summed E-state index contributed by atoms with van der Waals surface area (Å²) in [6, 6.07) is 16.0. The van der Waals surface area contributed by atoms with Gasteiger partial charge in [0.25, 0.3) is 5.91 Å². The van der Waals surface area contributed by atoms with Crippen molar-refractivity contribution in [3.8, 4) is 0 Å². The molecule has 0 radical (unpaired) electrons. The molecule has 4 heteroatoms. The van der Waals surface area contributed by atoms with Gasteiger partial charge in [0.1, 0.15) is 5.01 Å². The molecule has 0 N–H and O–H groups in total. The van der Waals surface area contributed by atoms with E-state index < -0.39 is 0 Å². The van der Waals surface area contributed by atoms with Gasteiger partial charge in [0.2, 0.25) is 0 Å². The van der Waals surface area contributed by atoms with Gasteiger partial charge >= 0.3 is 0 Å². The number of amides is 1. The van der Waals surface area contributed by atoms with Gasteiger partial charge in [-0.2, -0.15) is 0 Å². The van der Waals surface area contributed by atoms with E-state index in [1.165, 1.54) is 5.56 Å². The van der Waals surface area contributed by atoms with Gasteiger partial charge in [-0.05, 0) is 49.1 Å². The molecule has 0 fully saturated rings. The maximum absolute atomic E-state index is 12.8. The SMILES string of the molecule is CC(C)Cc1ccc(C(=O)N(C)[C@H](C)c2nc3ccccc3s2)cc1. The number of hydrogen-bond acceptors (Lipinski definition) is 3. The van der Waals surface area contributed by atoms with E-state index in [0.29, 0.717) is 5.92 Å². The molecule has 0 bridgehead atoms. The normalized spacial score (nSPS) is 12.5. The highest BCUT2D eigenvalue weighted by Crippen LogP contribution is 2.29. The number of benzene rings is 2. The first-order valence-corrected chi connectivity index (χ1v) is 9.49. The van der Waals surface area contributed by atoms with Crippen molar-refractivity contribution in [2.45, 2.75) is 33.2 Å². The Hall–Kier alpha value is -2.20. The maximum Gasteiger partial charge on any atom is 0.254 e. The predicted octanol–water partition coefficient (Wildman–Crippen LogP) is 5.33. The van der Waals surface area contributed by atoms with E-state index in [0.717, 1.165) is 27.2 Å². The van der Waals surface area contributed by atoms with Crippen molar-refractivity contribution in [2.24, 2.45) is 5.92 Å². The van der Waals surface area contributed by atoms with Crippen LogP contribution < -0.4 is 0 Å². The summed E-state index contributed by atoms with van der Waals surface area (Å²) in [7, 11) is 1.85. The molecule has 25 heavy (non-hydrogen) atoms. The molecule has 0 spiro atoms. The summed E-state index contributed by atoms with van der Waals surface area (Å²) in [5, 5.41) is 0.966. The smallest absolute Gasteiger partial charge is 0.254 e. The second-order valence-corrected chi connectivity index (χ2v) is 7.97. The molecular formula is C21H24N2OS. The Balaban J connectivity index is 1.76. The lowest BCUT2D eigenvalue weighted by Gasteiger charge is -2.23. The predicted molar refractivity (Wildman–Crippen MR) is 105 cm³/mol. The summed E-state index contributed by atoms with van der Waals surface area (Å²) in [6.45, 7) is 6.43. The number of rotatable bonds is 5. The van der Waals surface area contributed by atoms with Gasteiger partial charge in [-0.25, -0.2) is 4.98 Å². The molecule has 0 aliphatic heterocycles. The lowest BCUT2D eigenvalue weighted by atomic mass is 10.0. The zero-order valence-corrected chi connectivity index (χ0v) is 16.0. The largest absolute Gasteiger partial charge is 0.333 e. The molecule has 1 atom stereocenters. The van der Waals surface area contributed by atoms with E-state index in [2.05, 4.69) is 37.0 Å². The van der Waals surface area contributed by atoms with Gasteiger partial charge < -0.3 is 4.90 Å². The fraction of sp³-hybridized carbons (Fsp3) is 0.333. The van der Waals surface area contributed by atoms with E-state index in [-0.39, 0.29) is 11.9 Å². The van der Waals surface area contributed by atoms with Crippen LogP contribution in [0, 0.1) is 5.92 Å². The minimum absolute atomic E-state index is 0.0304. The van der Waals surface area contributed by atoms with Gasteiger partial charge in [0, 0.05) is 12.6 Å². The number of carbonyl (C=O) groups excluding carboxylic acids is 1. The molecule has 0 saturated carbocycles. The minimum Gasteiger partial charge on any atom is -0.333 e.